The maximum Gasteiger partial charge on any atom is 0.123 e. The summed E-state index contributed by atoms with van der Waals surface area (Å²) in [5.74, 6) is 1.14. The van der Waals surface area contributed by atoms with Gasteiger partial charge in [0.15, 0.2) is 0 Å². The molecule has 21 heavy (non-hydrogen) atoms. The molecule has 1 atom stereocenters. The number of halogens is 1. The largest absolute Gasteiger partial charge is 0.497 e. The summed E-state index contributed by atoms with van der Waals surface area (Å²) in [4.78, 5) is 0. The fourth-order valence-electron chi connectivity index (χ4n) is 2.27. The molecule has 0 aliphatic heterocycles. The van der Waals surface area contributed by atoms with Gasteiger partial charge >= 0.3 is 0 Å². The van der Waals surface area contributed by atoms with Crippen LogP contribution < -0.4 is 15.2 Å². The van der Waals surface area contributed by atoms with E-state index in [1.165, 1.54) is 12.1 Å². The first-order valence-electron chi connectivity index (χ1n) is 6.71. The van der Waals surface area contributed by atoms with Gasteiger partial charge in [0.25, 0.3) is 0 Å². The minimum absolute atomic E-state index is 0.250. The number of hydrogen-bond donors (Lipinski definition) is 1. The van der Waals surface area contributed by atoms with Crippen LogP contribution in [0.4, 0.5) is 4.39 Å². The summed E-state index contributed by atoms with van der Waals surface area (Å²) in [6, 6.07) is 12.0. The van der Waals surface area contributed by atoms with Crippen molar-refractivity contribution in [3.05, 3.63) is 59.4 Å². The SMILES string of the molecule is COc1cc(OC)cc(C(C)(N)Cc2ccc(F)cc2)c1. The van der Waals surface area contributed by atoms with Gasteiger partial charge in [0.2, 0.25) is 0 Å². The van der Waals surface area contributed by atoms with Crippen LogP contribution in [0.2, 0.25) is 0 Å². The minimum Gasteiger partial charge on any atom is -0.497 e. The molecule has 0 amide bonds. The summed E-state index contributed by atoms with van der Waals surface area (Å²) < 4.78 is 23.5. The standard InChI is InChI=1S/C17H20FNO2/c1-17(19,11-12-4-6-14(18)7-5-12)13-8-15(20-2)10-16(9-13)21-3/h4-10H,11,19H2,1-3H3. The smallest absolute Gasteiger partial charge is 0.123 e. The molecule has 0 spiro atoms. The molecule has 4 heteroatoms. The van der Waals surface area contributed by atoms with Crippen molar-refractivity contribution < 1.29 is 13.9 Å². The van der Waals surface area contributed by atoms with E-state index in [9.17, 15) is 4.39 Å². The normalized spacial score (nSPS) is 13.6. The van der Waals surface area contributed by atoms with Gasteiger partial charge in [-0.15, -0.1) is 0 Å². The molecule has 112 valence electrons. The lowest BCUT2D eigenvalue weighted by molar-refractivity contribution is 0.388. The molecule has 2 rings (SSSR count). The van der Waals surface area contributed by atoms with E-state index in [1.54, 1.807) is 32.4 Å². The molecule has 0 aromatic heterocycles. The van der Waals surface area contributed by atoms with Crippen molar-refractivity contribution in [2.45, 2.75) is 18.9 Å². The summed E-state index contributed by atoms with van der Waals surface area (Å²) in [5.41, 5.74) is 7.72. The van der Waals surface area contributed by atoms with E-state index in [0.717, 1.165) is 11.1 Å². The third-order valence-electron chi connectivity index (χ3n) is 3.50. The Morgan fingerprint density at radius 3 is 2.00 bits per heavy atom. The maximum atomic E-state index is 13.0. The summed E-state index contributed by atoms with van der Waals surface area (Å²) >= 11 is 0. The highest BCUT2D eigenvalue weighted by Crippen LogP contribution is 2.30. The van der Waals surface area contributed by atoms with Crippen LogP contribution in [0.3, 0.4) is 0 Å². The Balaban J connectivity index is 2.31. The zero-order valence-corrected chi connectivity index (χ0v) is 12.5. The van der Waals surface area contributed by atoms with Gasteiger partial charge < -0.3 is 15.2 Å². The molecule has 0 saturated heterocycles. The average molecular weight is 289 g/mol. The van der Waals surface area contributed by atoms with Gasteiger partial charge in [-0.3, -0.25) is 0 Å². The van der Waals surface area contributed by atoms with Crippen LogP contribution >= 0.6 is 0 Å². The monoisotopic (exact) mass is 289 g/mol. The molecular weight excluding hydrogens is 269 g/mol. The molecule has 0 fully saturated rings. The third kappa shape index (κ3) is 3.73. The molecule has 0 heterocycles. The molecule has 0 aliphatic carbocycles. The highest BCUT2D eigenvalue weighted by atomic mass is 19.1. The zero-order valence-electron chi connectivity index (χ0n) is 12.5. The van der Waals surface area contributed by atoms with Crippen molar-refractivity contribution in [3.8, 4) is 11.5 Å². The topological polar surface area (TPSA) is 44.5 Å². The van der Waals surface area contributed by atoms with Crippen LogP contribution in [-0.4, -0.2) is 14.2 Å². The van der Waals surface area contributed by atoms with Crippen LogP contribution in [-0.2, 0) is 12.0 Å². The molecule has 1 unspecified atom stereocenters. The van der Waals surface area contributed by atoms with Crippen LogP contribution in [0.1, 0.15) is 18.1 Å². The van der Waals surface area contributed by atoms with E-state index in [4.69, 9.17) is 15.2 Å². The first-order chi connectivity index (χ1) is 9.94. The zero-order chi connectivity index (χ0) is 15.5. The number of hydrogen-bond acceptors (Lipinski definition) is 3. The number of rotatable bonds is 5. The van der Waals surface area contributed by atoms with E-state index in [2.05, 4.69) is 0 Å². The second-order valence-electron chi connectivity index (χ2n) is 5.32. The number of methoxy groups -OCH3 is 2. The van der Waals surface area contributed by atoms with Crippen molar-refractivity contribution in [2.75, 3.05) is 14.2 Å². The van der Waals surface area contributed by atoms with Crippen LogP contribution in [0.25, 0.3) is 0 Å². The van der Waals surface area contributed by atoms with Crippen molar-refractivity contribution >= 4 is 0 Å². The summed E-state index contributed by atoms with van der Waals surface area (Å²) in [6.45, 7) is 1.94. The molecule has 0 saturated carbocycles. The van der Waals surface area contributed by atoms with Crippen LogP contribution in [0.5, 0.6) is 11.5 Å². The molecule has 0 aliphatic rings. The molecule has 2 N–H and O–H groups in total. The average Bonchev–Trinajstić information content (AvgIpc) is 2.48. The van der Waals surface area contributed by atoms with Gasteiger partial charge in [-0.2, -0.15) is 0 Å². The van der Waals surface area contributed by atoms with Crippen LogP contribution in [0, 0.1) is 5.82 Å². The first-order valence-corrected chi connectivity index (χ1v) is 6.71. The second kappa shape index (κ2) is 6.14. The second-order valence-corrected chi connectivity index (χ2v) is 5.32. The lowest BCUT2D eigenvalue weighted by Crippen LogP contribution is -2.35. The molecule has 3 nitrogen and oxygen atoms in total. The number of benzene rings is 2. The van der Waals surface area contributed by atoms with Gasteiger partial charge in [-0.25, -0.2) is 4.39 Å². The van der Waals surface area contributed by atoms with Gasteiger partial charge in [-0.05, 0) is 48.7 Å². The Labute approximate surface area is 124 Å². The highest BCUT2D eigenvalue weighted by Gasteiger charge is 2.23. The summed E-state index contributed by atoms with van der Waals surface area (Å²) in [5, 5.41) is 0. The van der Waals surface area contributed by atoms with Gasteiger partial charge in [-0.1, -0.05) is 12.1 Å². The Hall–Kier alpha value is -2.07. The predicted octanol–water partition coefficient (Wildman–Crippen LogP) is 3.26. The molecule has 2 aromatic carbocycles. The van der Waals surface area contributed by atoms with Gasteiger partial charge in [0.05, 0.1) is 14.2 Å². The number of ether oxygens (including phenoxy) is 2. The predicted molar refractivity (Wildman–Crippen MR) is 81.2 cm³/mol. The molecule has 0 bridgehead atoms. The van der Waals surface area contributed by atoms with E-state index in [1.807, 2.05) is 19.1 Å². The van der Waals surface area contributed by atoms with E-state index in [0.29, 0.717) is 17.9 Å². The molecule has 0 radical (unpaired) electrons. The summed E-state index contributed by atoms with van der Waals surface area (Å²) in [6.07, 6.45) is 0.587. The van der Waals surface area contributed by atoms with E-state index < -0.39 is 5.54 Å². The van der Waals surface area contributed by atoms with Gasteiger partial charge in [0, 0.05) is 11.6 Å². The Kier molecular flexibility index (Phi) is 4.48. The summed E-state index contributed by atoms with van der Waals surface area (Å²) in [7, 11) is 3.21. The lowest BCUT2D eigenvalue weighted by atomic mass is 9.86. The Bertz CT molecular complexity index is 586. The number of nitrogens with two attached hydrogens (primary N) is 1. The maximum absolute atomic E-state index is 13.0. The fourth-order valence-corrected chi connectivity index (χ4v) is 2.27. The fraction of sp³-hybridized carbons (Fsp3) is 0.294. The lowest BCUT2D eigenvalue weighted by Gasteiger charge is -2.26. The van der Waals surface area contributed by atoms with Crippen molar-refractivity contribution in [1.82, 2.24) is 0 Å². The van der Waals surface area contributed by atoms with Gasteiger partial charge in [0.1, 0.15) is 17.3 Å². The quantitative estimate of drug-likeness (QED) is 0.919. The highest BCUT2D eigenvalue weighted by molar-refractivity contribution is 5.42. The van der Waals surface area contributed by atoms with E-state index >= 15 is 0 Å². The minimum atomic E-state index is -0.611. The van der Waals surface area contributed by atoms with Crippen molar-refractivity contribution in [3.63, 3.8) is 0 Å². The Morgan fingerprint density at radius 2 is 1.52 bits per heavy atom. The third-order valence-corrected chi connectivity index (χ3v) is 3.50. The van der Waals surface area contributed by atoms with Crippen molar-refractivity contribution in [2.24, 2.45) is 5.73 Å². The molecule has 2 aromatic rings. The van der Waals surface area contributed by atoms with E-state index in [-0.39, 0.29) is 5.82 Å². The Morgan fingerprint density at radius 1 is 1.00 bits per heavy atom. The van der Waals surface area contributed by atoms with Crippen LogP contribution in [0.15, 0.2) is 42.5 Å². The first kappa shape index (κ1) is 15.3. The molecular formula is C17H20FNO2. The van der Waals surface area contributed by atoms with Crippen molar-refractivity contribution in [1.29, 1.82) is 0 Å².